The number of carbonyl (C=O) groups excluding carboxylic acids is 2. The van der Waals surface area contributed by atoms with Crippen molar-refractivity contribution >= 4 is 11.8 Å². The molecule has 8 unspecified atom stereocenters. The molecule has 6 rings (SSSR count). The molecule has 84 valence electrons. The van der Waals surface area contributed by atoms with Crippen molar-refractivity contribution in [2.24, 2.45) is 46.8 Å². The maximum Gasteiger partial charge on any atom is 0.313 e. The molecular formula is C13H14O3. The lowest BCUT2D eigenvalue weighted by molar-refractivity contribution is -0.315. The van der Waals surface area contributed by atoms with E-state index in [-0.39, 0.29) is 17.3 Å². The molecule has 0 aliphatic heterocycles. The van der Waals surface area contributed by atoms with Gasteiger partial charge in [0, 0.05) is 12.3 Å². The van der Waals surface area contributed by atoms with Gasteiger partial charge in [-0.3, -0.25) is 9.59 Å². The Morgan fingerprint density at radius 2 is 2.12 bits per heavy atom. The van der Waals surface area contributed by atoms with Gasteiger partial charge in [0.1, 0.15) is 5.78 Å². The summed E-state index contributed by atoms with van der Waals surface area (Å²) < 4.78 is 5.01. The van der Waals surface area contributed by atoms with Gasteiger partial charge in [0.25, 0.3) is 0 Å². The molecular weight excluding hydrogens is 204 g/mol. The van der Waals surface area contributed by atoms with Crippen LogP contribution in [0.15, 0.2) is 0 Å². The van der Waals surface area contributed by atoms with Crippen LogP contribution < -0.4 is 0 Å². The summed E-state index contributed by atoms with van der Waals surface area (Å²) in [6.45, 7) is 0. The zero-order chi connectivity index (χ0) is 10.8. The summed E-state index contributed by atoms with van der Waals surface area (Å²) in [6, 6.07) is 0. The zero-order valence-corrected chi connectivity index (χ0v) is 9.18. The third-order valence-electron chi connectivity index (χ3n) is 6.71. The van der Waals surface area contributed by atoms with E-state index in [0.717, 1.165) is 18.3 Å². The van der Waals surface area contributed by atoms with E-state index in [2.05, 4.69) is 0 Å². The van der Waals surface area contributed by atoms with E-state index in [4.69, 9.17) is 4.74 Å². The van der Waals surface area contributed by atoms with Crippen molar-refractivity contribution in [1.29, 1.82) is 0 Å². The van der Waals surface area contributed by atoms with Gasteiger partial charge in [-0.1, -0.05) is 0 Å². The highest BCUT2D eigenvalue weighted by Crippen LogP contribution is 2.90. The average molecular weight is 218 g/mol. The van der Waals surface area contributed by atoms with E-state index in [1.807, 2.05) is 0 Å². The second-order valence-corrected chi connectivity index (χ2v) is 6.43. The van der Waals surface area contributed by atoms with Gasteiger partial charge < -0.3 is 4.74 Å². The molecule has 0 spiro atoms. The fourth-order valence-electron chi connectivity index (χ4n) is 6.83. The fraction of sp³-hybridized carbons (Fsp3) is 0.846. The lowest BCUT2D eigenvalue weighted by atomic mass is 9.23. The quantitative estimate of drug-likeness (QED) is 0.613. The summed E-state index contributed by atoms with van der Waals surface area (Å²) in [4.78, 5) is 24.1. The Labute approximate surface area is 93.5 Å². The van der Waals surface area contributed by atoms with Crippen LogP contribution in [0.5, 0.6) is 0 Å². The van der Waals surface area contributed by atoms with Gasteiger partial charge >= 0.3 is 5.97 Å². The van der Waals surface area contributed by atoms with Crippen LogP contribution in [0, 0.1) is 46.8 Å². The number of esters is 1. The summed E-state index contributed by atoms with van der Waals surface area (Å²) in [5.41, 5.74) is -0.322. The molecule has 0 aromatic rings. The monoisotopic (exact) mass is 218 g/mol. The molecule has 8 atom stereocenters. The second kappa shape index (κ2) is 1.98. The number of methoxy groups -OCH3 is 1. The first-order valence-electron chi connectivity index (χ1n) is 6.34. The molecule has 3 nitrogen and oxygen atoms in total. The third kappa shape index (κ3) is 0.456. The van der Waals surface area contributed by atoms with Crippen LogP contribution in [0.25, 0.3) is 0 Å². The van der Waals surface area contributed by atoms with Crippen LogP contribution in [0.4, 0.5) is 0 Å². The minimum Gasteiger partial charge on any atom is -0.469 e. The maximum atomic E-state index is 12.1. The summed E-state index contributed by atoms with van der Waals surface area (Å²) in [5, 5.41) is 0. The van der Waals surface area contributed by atoms with Crippen molar-refractivity contribution in [2.45, 2.75) is 12.8 Å². The van der Waals surface area contributed by atoms with Gasteiger partial charge in [0.15, 0.2) is 0 Å². The fourth-order valence-corrected chi connectivity index (χ4v) is 6.83. The molecule has 0 heterocycles. The van der Waals surface area contributed by atoms with E-state index >= 15 is 0 Å². The van der Waals surface area contributed by atoms with Gasteiger partial charge in [0.05, 0.1) is 12.5 Å². The number of Topliss-reactive ketones (excluding diaryl/α,β-unsaturated/α-hetero) is 1. The van der Waals surface area contributed by atoms with E-state index in [0.29, 0.717) is 29.5 Å². The van der Waals surface area contributed by atoms with Crippen LogP contribution in [0.3, 0.4) is 0 Å². The number of rotatable bonds is 1. The summed E-state index contributed by atoms with van der Waals surface area (Å²) in [5.74, 6) is 4.06. The van der Waals surface area contributed by atoms with Crippen molar-refractivity contribution in [1.82, 2.24) is 0 Å². The lowest BCUT2D eigenvalue weighted by Gasteiger charge is -2.78. The normalized spacial score (nSPS) is 66.6. The number of carbonyl (C=O) groups is 2. The summed E-state index contributed by atoms with van der Waals surface area (Å²) in [6.07, 6.45) is 2.06. The minimum atomic E-state index is -0.322. The molecule has 16 heavy (non-hydrogen) atoms. The topological polar surface area (TPSA) is 43.4 Å². The highest BCUT2D eigenvalue weighted by Gasteiger charge is 2.92. The maximum absolute atomic E-state index is 12.1. The first-order valence-corrected chi connectivity index (χ1v) is 6.34. The number of fused-ring (bicyclic) bond motifs is 1. The Bertz CT molecular complexity index is 454. The highest BCUT2D eigenvalue weighted by molar-refractivity contribution is 5.97. The van der Waals surface area contributed by atoms with Gasteiger partial charge in [-0.15, -0.1) is 0 Å². The van der Waals surface area contributed by atoms with Crippen LogP contribution in [-0.2, 0) is 14.3 Å². The summed E-state index contributed by atoms with van der Waals surface area (Å²) in [7, 11) is 1.47. The number of hydrogen-bond donors (Lipinski definition) is 0. The number of hydrogen-bond acceptors (Lipinski definition) is 3. The predicted molar refractivity (Wildman–Crippen MR) is 53.1 cm³/mol. The molecule has 6 aliphatic rings. The van der Waals surface area contributed by atoms with Gasteiger partial charge in [-0.25, -0.2) is 0 Å². The molecule has 0 aromatic heterocycles. The Morgan fingerprint density at radius 3 is 2.81 bits per heavy atom. The first-order chi connectivity index (χ1) is 7.72. The van der Waals surface area contributed by atoms with Gasteiger partial charge in [-0.2, -0.15) is 0 Å². The average Bonchev–Trinajstić information content (AvgIpc) is 2.66. The van der Waals surface area contributed by atoms with E-state index in [1.165, 1.54) is 13.5 Å². The van der Waals surface area contributed by atoms with E-state index in [1.54, 1.807) is 0 Å². The Balaban J connectivity index is 1.73. The van der Waals surface area contributed by atoms with Crippen molar-refractivity contribution in [3.63, 3.8) is 0 Å². The smallest absolute Gasteiger partial charge is 0.313 e. The first kappa shape index (κ1) is 8.26. The number of ketones is 1. The molecule has 4 bridgehead atoms. The van der Waals surface area contributed by atoms with Crippen LogP contribution in [0.2, 0.25) is 0 Å². The van der Waals surface area contributed by atoms with Crippen molar-refractivity contribution in [2.75, 3.05) is 7.11 Å². The van der Waals surface area contributed by atoms with Crippen molar-refractivity contribution in [3.8, 4) is 0 Å². The van der Waals surface area contributed by atoms with E-state index in [9.17, 15) is 9.59 Å². The standard InChI is InChI=1S/C13H14O3/c1-16-12(15)13-9-5-3-7(14)11(13)8-4(5)2-6(9)10(8)13/h4-6,8-11H,2-3H2,1H3. The molecule has 0 radical (unpaired) electrons. The Morgan fingerprint density at radius 1 is 1.31 bits per heavy atom. The van der Waals surface area contributed by atoms with Gasteiger partial charge in [-0.05, 0) is 41.9 Å². The highest BCUT2D eigenvalue weighted by atomic mass is 16.5. The molecule has 6 aliphatic carbocycles. The Kier molecular flexibility index (Phi) is 1.02. The van der Waals surface area contributed by atoms with Crippen molar-refractivity contribution in [3.05, 3.63) is 0 Å². The SMILES string of the molecule is COC(=O)C12C3C(=O)CC4C5CC(C41)C2C53. The zero-order valence-electron chi connectivity index (χ0n) is 9.18. The molecule has 3 heteroatoms. The van der Waals surface area contributed by atoms with Crippen LogP contribution in [-0.4, -0.2) is 18.9 Å². The minimum absolute atomic E-state index is 0.0590. The van der Waals surface area contributed by atoms with Crippen LogP contribution >= 0.6 is 0 Å². The third-order valence-corrected chi connectivity index (χ3v) is 6.71. The molecule has 0 saturated heterocycles. The van der Waals surface area contributed by atoms with Crippen molar-refractivity contribution < 1.29 is 14.3 Å². The second-order valence-electron chi connectivity index (χ2n) is 6.43. The molecule has 0 N–H and O–H groups in total. The number of ether oxygens (including phenoxy) is 1. The molecule has 6 saturated carbocycles. The lowest BCUT2D eigenvalue weighted by Crippen LogP contribution is -2.82. The molecule has 0 aromatic carbocycles. The predicted octanol–water partition coefficient (Wildman–Crippen LogP) is 0.876. The Hall–Kier alpha value is -0.860. The summed E-state index contributed by atoms with van der Waals surface area (Å²) >= 11 is 0. The molecule has 6 fully saturated rings. The van der Waals surface area contributed by atoms with Gasteiger partial charge in [0.2, 0.25) is 0 Å². The van der Waals surface area contributed by atoms with Crippen LogP contribution in [0.1, 0.15) is 12.8 Å². The molecule has 0 amide bonds. The van der Waals surface area contributed by atoms with E-state index < -0.39 is 0 Å². The largest absolute Gasteiger partial charge is 0.469 e.